The van der Waals surface area contributed by atoms with Crippen molar-refractivity contribution >= 4 is 28.2 Å². The third-order valence-corrected chi connectivity index (χ3v) is 4.47. The second-order valence-electron chi connectivity index (χ2n) is 4.96. The first-order valence-electron chi connectivity index (χ1n) is 6.70. The van der Waals surface area contributed by atoms with Crippen LogP contribution >= 0.6 is 11.3 Å². The minimum Gasteiger partial charge on any atom is -0.361 e. The van der Waals surface area contributed by atoms with Crippen LogP contribution in [0.25, 0.3) is 11.0 Å². The molecule has 0 spiro atoms. The molecular formula is C16H17N3S. The molecule has 0 saturated heterocycles. The largest absolute Gasteiger partial charge is 0.361 e. The molecule has 1 unspecified atom stereocenters. The van der Waals surface area contributed by atoms with Gasteiger partial charge in [0, 0.05) is 9.75 Å². The van der Waals surface area contributed by atoms with E-state index in [1.807, 2.05) is 42.5 Å². The van der Waals surface area contributed by atoms with Crippen molar-refractivity contribution < 1.29 is 0 Å². The lowest BCUT2D eigenvalue weighted by Gasteiger charge is -2.15. The molecule has 1 atom stereocenters. The average Bonchev–Trinajstić information content (AvgIpc) is 2.86. The Labute approximate surface area is 122 Å². The van der Waals surface area contributed by atoms with Crippen LogP contribution in [0.15, 0.2) is 36.4 Å². The highest BCUT2D eigenvalue weighted by Crippen LogP contribution is 2.26. The van der Waals surface area contributed by atoms with Crippen LogP contribution < -0.4 is 5.32 Å². The van der Waals surface area contributed by atoms with Crippen molar-refractivity contribution in [1.29, 1.82) is 0 Å². The van der Waals surface area contributed by atoms with Crippen molar-refractivity contribution in [2.24, 2.45) is 0 Å². The molecule has 3 nitrogen and oxygen atoms in total. The number of anilines is 1. The van der Waals surface area contributed by atoms with Gasteiger partial charge in [0.15, 0.2) is 0 Å². The zero-order valence-corrected chi connectivity index (χ0v) is 12.7. The normalized spacial score (nSPS) is 12.6. The van der Waals surface area contributed by atoms with Crippen LogP contribution in [-0.2, 0) is 0 Å². The van der Waals surface area contributed by atoms with E-state index in [0.717, 1.165) is 22.5 Å². The standard InChI is InChI=1S/C16H17N3S/c1-10-8-9-15(20-10)11(2)18-16-12(3)17-13-6-4-5-7-14(13)19-16/h4-9,11H,1-3H3,(H,18,19). The van der Waals surface area contributed by atoms with Crippen molar-refractivity contribution in [3.8, 4) is 0 Å². The van der Waals surface area contributed by atoms with Crippen molar-refractivity contribution in [1.82, 2.24) is 9.97 Å². The molecule has 3 rings (SSSR count). The number of rotatable bonds is 3. The second-order valence-corrected chi connectivity index (χ2v) is 6.28. The van der Waals surface area contributed by atoms with E-state index in [2.05, 4.69) is 41.3 Å². The third kappa shape index (κ3) is 2.51. The molecular weight excluding hydrogens is 266 g/mol. The van der Waals surface area contributed by atoms with Gasteiger partial charge < -0.3 is 5.32 Å². The highest BCUT2D eigenvalue weighted by Gasteiger charge is 2.11. The summed E-state index contributed by atoms with van der Waals surface area (Å²) in [6, 6.07) is 12.5. The number of aryl methyl sites for hydroxylation is 2. The van der Waals surface area contributed by atoms with Gasteiger partial charge in [-0.3, -0.25) is 0 Å². The Balaban J connectivity index is 1.92. The van der Waals surface area contributed by atoms with Gasteiger partial charge in [-0.15, -0.1) is 11.3 Å². The quantitative estimate of drug-likeness (QED) is 0.770. The predicted molar refractivity (Wildman–Crippen MR) is 85.4 cm³/mol. The van der Waals surface area contributed by atoms with Crippen LogP contribution in [0.1, 0.15) is 28.4 Å². The van der Waals surface area contributed by atoms with Gasteiger partial charge in [0.05, 0.1) is 22.8 Å². The molecule has 4 heteroatoms. The summed E-state index contributed by atoms with van der Waals surface area (Å²) in [5, 5.41) is 3.47. The first-order valence-corrected chi connectivity index (χ1v) is 7.51. The summed E-state index contributed by atoms with van der Waals surface area (Å²) >= 11 is 1.81. The minimum atomic E-state index is 0.239. The van der Waals surface area contributed by atoms with Crippen LogP contribution in [0.4, 0.5) is 5.82 Å². The number of para-hydroxylation sites is 2. The number of thiophene rings is 1. The van der Waals surface area contributed by atoms with Gasteiger partial charge in [-0.1, -0.05) is 12.1 Å². The van der Waals surface area contributed by atoms with Crippen molar-refractivity contribution in [3.63, 3.8) is 0 Å². The highest BCUT2D eigenvalue weighted by atomic mass is 32.1. The smallest absolute Gasteiger partial charge is 0.148 e. The van der Waals surface area contributed by atoms with E-state index in [0.29, 0.717) is 0 Å². The summed E-state index contributed by atoms with van der Waals surface area (Å²) in [7, 11) is 0. The Kier molecular flexibility index (Phi) is 3.40. The fourth-order valence-electron chi connectivity index (χ4n) is 2.19. The minimum absolute atomic E-state index is 0.239. The summed E-state index contributed by atoms with van der Waals surface area (Å²) in [6.45, 7) is 6.28. The van der Waals surface area contributed by atoms with E-state index >= 15 is 0 Å². The molecule has 20 heavy (non-hydrogen) atoms. The lowest BCUT2D eigenvalue weighted by Crippen LogP contribution is -2.09. The summed E-state index contributed by atoms with van der Waals surface area (Å²) in [6.07, 6.45) is 0. The van der Waals surface area contributed by atoms with Crippen LogP contribution in [-0.4, -0.2) is 9.97 Å². The lowest BCUT2D eigenvalue weighted by molar-refractivity contribution is 0.891. The number of nitrogens with zero attached hydrogens (tertiary/aromatic N) is 2. The van der Waals surface area contributed by atoms with Crippen molar-refractivity contribution in [2.75, 3.05) is 5.32 Å². The third-order valence-electron chi connectivity index (χ3n) is 3.29. The molecule has 0 bridgehead atoms. The van der Waals surface area contributed by atoms with Gasteiger partial charge in [-0.25, -0.2) is 9.97 Å². The Morgan fingerprint density at radius 1 is 1.00 bits per heavy atom. The number of benzene rings is 1. The first kappa shape index (κ1) is 13.1. The summed E-state index contributed by atoms with van der Waals surface area (Å²) in [5.41, 5.74) is 2.80. The van der Waals surface area contributed by atoms with E-state index in [-0.39, 0.29) is 6.04 Å². The van der Waals surface area contributed by atoms with Crippen molar-refractivity contribution in [3.05, 3.63) is 51.8 Å². The lowest BCUT2D eigenvalue weighted by atomic mass is 10.2. The summed E-state index contributed by atoms with van der Waals surface area (Å²) in [4.78, 5) is 11.9. The molecule has 1 N–H and O–H groups in total. The monoisotopic (exact) mass is 283 g/mol. The molecule has 0 aliphatic carbocycles. The zero-order chi connectivity index (χ0) is 14.1. The summed E-state index contributed by atoms with van der Waals surface area (Å²) < 4.78 is 0. The molecule has 0 saturated carbocycles. The molecule has 1 aromatic carbocycles. The van der Waals surface area contributed by atoms with Gasteiger partial charge in [-0.05, 0) is 45.0 Å². The number of hydrogen-bond donors (Lipinski definition) is 1. The van der Waals surface area contributed by atoms with Gasteiger partial charge in [0.1, 0.15) is 5.82 Å². The number of hydrogen-bond acceptors (Lipinski definition) is 4. The molecule has 0 aliphatic heterocycles. The summed E-state index contributed by atoms with van der Waals surface area (Å²) in [5.74, 6) is 0.863. The number of nitrogens with one attached hydrogen (secondary N) is 1. The molecule has 0 fully saturated rings. The van der Waals surface area contributed by atoms with Gasteiger partial charge in [-0.2, -0.15) is 0 Å². The van der Waals surface area contributed by atoms with Crippen LogP contribution in [0, 0.1) is 13.8 Å². The SMILES string of the molecule is Cc1ccc(C(C)Nc2nc3ccccc3nc2C)s1. The highest BCUT2D eigenvalue weighted by molar-refractivity contribution is 7.12. The maximum Gasteiger partial charge on any atom is 0.148 e. The zero-order valence-electron chi connectivity index (χ0n) is 11.8. The molecule has 0 aliphatic rings. The van der Waals surface area contributed by atoms with Crippen LogP contribution in [0.5, 0.6) is 0 Å². The maximum atomic E-state index is 4.68. The van der Waals surface area contributed by atoms with E-state index in [1.54, 1.807) is 0 Å². The Morgan fingerprint density at radius 2 is 1.70 bits per heavy atom. The Bertz CT molecular complexity index is 748. The number of aromatic nitrogens is 2. The maximum absolute atomic E-state index is 4.68. The first-order chi connectivity index (χ1) is 9.63. The molecule has 0 amide bonds. The fraction of sp³-hybridized carbons (Fsp3) is 0.250. The molecule has 102 valence electrons. The van der Waals surface area contributed by atoms with Crippen molar-refractivity contribution in [2.45, 2.75) is 26.8 Å². The second kappa shape index (κ2) is 5.21. The van der Waals surface area contributed by atoms with Gasteiger partial charge in [0.25, 0.3) is 0 Å². The average molecular weight is 283 g/mol. The number of fused-ring (bicyclic) bond motifs is 1. The van der Waals surface area contributed by atoms with E-state index in [4.69, 9.17) is 0 Å². The fourth-order valence-corrected chi connectivity index (χ4v) is 3.07. The van der Waals surface area contributed by atoms with E-state index in [9.17, 15) is 0 Å². The van der Waals surface area contributed by atoms with Crippen LogP contribution in [0.3, 0.4) is 0 Å². The Hall–Kier alpha value is -1.94. The van der Waals surface area contributed by atoms with E-state index < -0.39 is 0 Å². The molecule has 0 radical (unpaired) electrons. The van der Waals surface area contributed by atoms with Gasteiger partial charge >= 0.3 is 0 Å². The Morgan fingerprint density at radius 3 is 2.35 bits per heavy atom. The molecule has 3 aromatic rings. The van der Waals surface area contributed by atoms with E-state index in [1.165, 1.54) is 9.75 Å². The van der Waals surface area contributed by atoms with Crippen LogP contribution in [0.2, 0.25) is 0 Å². The molecule has 2 aromatic heterocycles. The molecule has 2 heterocycles. The van der Waals surface area contributed by atoms with Gasteiger partial charge in [0.2, 0.25) is 0 Å². The predicted octanol–water partition coefficient (Wildman–Crippen LogP) is 4.48. The topological polar surface area (TPSA) is 37.8 Å².